The molecule has 0 bridgehead atoms. The average molecular weight is 248 g/mol. The van der Waals surface area contributed by atoms with Gasteiger partial charge in [-0.15, -0.1) is 0 Å². The van der Waals surface area contributed by atoms with Crippen LogP contribution in [0.4, 0.5) is 0 Å². The van der Waals surface area contributed by atoms with Gasteiger partial charge in [-0.25, -0.2) is 0 Å². The van der Waals surface area contributed by atoms with Crippen molar-refractivity contribution in [3.63, 3.8) is 0 Å². The van der Waals surface area contributed by atoms with Crippen LogP contribution in [0.2, 0.25) is 0 Å². The van der Waals surface area contributed by atoms with Gasteiger partial charge in [0.05, 0.1) is 12.1 Å². The Morgan fingerprint density at radius 1 is 1.28 bits per heavy atom. The molecule has 1 unspecified atom stereocenters. The van der Waals surface area contributed by atoms with E-state index in [2.05, 4.69) is 26.0 Å². The molecule has 2 atom stereocenters. The van der Waals surface area contributed by atoms with Gasteiger partial charge in [-0.1, -0.05) is 43.7 Å². The van der Waals surface area contributed by atoms with Crippen LogP contribution in [-0.2, 0) is 4.79 Å². The maximum atomic E-state index is 12.2. The van der Waals surface area contributed by atoms with Gasteiger partial charge in [-0.05, 0) is 25.8 Å². The molecule has 0 fully saturated rings. The summed E-state index contributed by atoms with van der Waals surface area (Å²) in [4.78, 5) is 14.1. The third-order valence-corrected chi connectivity index (χ3v) is 3.17. The zero-order valence-electron chi connectivity index (χ0n) is 11.6. The molecule has 0 radical (unpaired) electrons. The highest BCUT2D eigenvalue weighted by Crippen LogP contribution is 2.21. The zero-order chi connectivity index (χ0) is 13.5. The van der Waals surface area contributed by atoms with Crippen LogP contribution in [0.1, 0.15) is 45.2 Å². The number of hydrogen-bond acceptors (Lipinski definition) is 2. The van der Waals surface area contributed by atoms with Crippen LogP contribution in [0.3, 0.4) is 0 Å². The third kappa shape index (κ3) is 3.84. The Balaban J connectivity index is 2.85. The summed E-state index contributed by atoms with van der Waals surface area (Å²) in [6.07, 6.45) is 2.08. The Kier molecular flexibility index (Phi) is 5.86. The van der Waals surface area contributed by atoms with Crippen molar-refractivity contribution in [1.29, 1.82) is 0 Å². The lowest BCUT2D eigenvalue weighted by molar-refractivity contribution is -0.134. The van der Waals surface area contributed by atoms with Crippen molar-refractivity contribution >= 4 is 5.91 Å². The summed E-state index contributed by atoms with van der Waals surface area (Å²) in [5, 5.41) is 0. The van der Waals surface area contributed by atoms with Crippen molar-refractivity contribution in [1.82, 2.24) is 4.90 Å². The highest BCUT2D eigenvalue weighted by atomic mass is 16.2. The lowest BCUT2D eigenvalue weighted by Crippen LogP contribution is -2.43. The first-order valence-corrected chi connectivity index (χ1v) is 6.69. The fourth-order valence-corrected chi connectivity index (χ4v) is 2.00. The second kappa shape index (κ2) is 7.17. The van der Waals surface area contributed by atoms with Gasteiger partial charge in [0.15, 0.2) is 0 Å². The molecule has 1 amide bonds. The Labute approximate surface area is 110 Å². The summed E-state index contributed by atoms with van der Waals surface area (Å²) in [6.45, 7) is 6.71. The van der Waals surface area contributed by atoms with Gasteiger partial charge >= 0.3 is 0 Å². The fourth-order valence-electron chi connectivity index (χ4n) is 2.00. The highest BCUT2D eigenvalue weighted by molar-refractivity contribution is 5.81. The zero-order valence-corrected chi connectivity index (χ0v) is 11.6. The minimum Gasteiger partial charge on any atom is -0.335 e. The lowest BCUT2D eigenvalue weighted by Gasteiger charge is -2.31. The quantitative estimate of drug-likeness (QED) is 0.841. The van der Waals surface area contributed by atoms with E-state index in [1.54, 1.807) is 6.92 Å². The number of unbranched alkanes of at least 4 members (excludes halogenated alkanes) is 1. The molecule has 18 heavy (non-hydrogen) atoms. The summed E-state index contributed by atoms with van der Waals surface area (Å²) in [6, 6.07) is 9.74. The molecular formula is C15H24N2O. The smallest absolute Gasteiger partial charge is 0.239 e. The van der Waals surface area contributed by atoms with Crippen molar-refractivity contribution in [2.45, 2.75) is 45.7 Å². The average Bonchev–Trinajstić information content (AvgIpc) is 2.39. The fraction of sp³-hybridized carbons (Fsp3) is 0.533. The molecular weight excluding hydrogens is 224 g/mol. The van der Waals surface area contributed by atoms with Crippen LogP contribution in [0.15, 0.2) is 30.3 Å². The highest BCUT2D eigenvalue weighted by Gasteiger charge is 2.23. The predicted molar refractivity (Wildman–Crippen MR) is 75.1 cm³/mol. The van der Waals surface area contributed by atoms with Crippen molar-refractivity contribution in [2.75, 3.05) is 6.54 Å². The molecule has 0 heterocycles. The summed E-state index contributed by atoms with van der Waals surface area (Å²) in [5.74, 6) is 0.0276. The van der Waals surface area contributed by atoms with Crippen LogP contribution < -0.4 is 5.73 Å². The van der Waals surface area contributed by atoms with E-state index in [9.17, 15) is 4.79 Å². The van der Waals surface area contributed by atoms with Crippen LogP contribution in [0.5, 0.6) is 0 Å². The molecule has 2 N–H and O–H groups in total. The molecule has 0 spiro atoms. The van der Waals surface area contributed by atoms with E-state index in [1.165, 1.54) is 0 Å². The van der Waals surface area contributed by atoms with Crippen LogP contribution >= 0.6 is 0 Å². The number of hydrogen-bond donors (Lipinski definition) is 1. The van der Waals surface area contributed by atoms with Gasteiger partial charge in [0.1, 0.15) is 0 Å². The van der Waals surface area contributed by atoms with E-state index in [0.717, 1.165) is 24.9 Å². The van der Waals surface area contributed by atoms with E-state index in [-0.39, 0.29) is 11.9 Å². The van der Waals surface area contributed by atoms with Crippen LogP contribution in [-0.4, -0.2) is 23.4 Å². The SMILES string of the molecule is CCCCN(C(=O)[C@H](C)N)C(C)c1ccccc1. The van der Waals surface area contributed by atoms with Gasteiger partial charge in [0.2, 0.25) is 5.91 Å². The maximum Gasteiger partial charge on any atom is 0.239 e. The first-order valence-electron chi connectivity index (χ1n) is 6.69. The van der Waals surface area contributed by atoms with Gasteiger partial charge in [-0.2, -0.15) is 0 Å². The Bertz CT molecular complexity index is 362. The summed E-state index contributed by atoms with van der Waals surface area (Å²) in [7, 11) is 0. The van der Waals surface area contributed by atoms with Gasteiger partial charge < -0.3 is 10.6 Å². The Hall–Kier alpha value is -1.35. The predicted octanol–water partition coefficient (Wildman–Crippen LogP) is 2.72. The van der Waals surface area contributed by atoms with Crippen LogP contribution in [0.25, 0.3) is 0 Å². The molecule has 1 aromatic carbocycles. The van der Waals surface area contributed by atoms with Gasteiger partial charge in [0, 0.05) is 6.54 Å². The maximum absolute atomic E-state index is 12.2. The Morgan fingerprint density at radius 2 is 1.89 bits per heavy atom. The minimum atomic E-state index is -0.437. The monoisotopic (exact) mass is 248 g/mol. The van der Waals surface area contributed by atoms with E-state index in [0.29, 0.717) is 0 Å². The van der Waals surface area contributed by atoms with Gasteiger partial charge in [0.25, 0.3) is 0 Å². The second-order valence-corrected chi connectivity index (χ2v) is 4.76. The number of benzene rings is 1. The standard InChI is InChI=1S/C15H24N2O/c1-4-5-11-17(15(18)12(2)16)13(3)14-9-7-6-8-10-14/h6-10,12-13H,4-5,11,16H2,1-3H3/t12-,13?/m0/s1. The first kappa shape index (κ1) is 14.7. The van der Waals surface area contributed by atoms with Gasteiger partial charge in [-0.3, -0.25) is 4.79 Å². The number of amides is 1. The van der Waals surface area contributed by atoms with E-state index in [4.69, 9.17) is 5.73 Å². The molecule has 0 aliphatic carbocycles. The Morgan fingerprint density at radius 3 is 2.39 bits per heavy atom. The largest absolute Gasteiger partial charge is 0.335 e. The first-order chi connectivity index (χ1) is 8.57. The minimum absolute atomic E-state index is 0.0276. The third-order valence-electron chi connectivity index (χ3n) is 3.17. The number of rotatable bonds is 6. The van der Waals surface area contributed by atoms with Crippen molar-refractivity contribution in [3.05, 3.63) is 35.9 Å². The van der Waals surface area contributed by atoms with Crippen molar-refractivity contribution in [3.8, 4) is 0 Å². The van der Waals surface area contributed by atoms with Crippen molar-refractivity contribution < 1.29 is 4.79 Å². The van der Waals surface area contributed by atoms with E-state index < -0.39 is 6.04 Å². The molecule has 0 aliphatic rings. The molecule has 100 valence electrons. The summed E-state index contributed by atoms with van der Waals surface area (Å²) in [5.41, 5.74) is 6.89. The number of nitrogens with zero attached hydrogens (tertiary/aromatic N) is 1. The summed E-state index contributed by atoms with van der Waals surface area (Å²) < 4.78 is 0. The summed E-state index contributed by atoms with van der Waals surface area (Å²) >= 11 is 0. The van der Waals surface area contributed by atoms with Crippen LogP contribution in [0, 0.1) is 0 Å². The molecule has 3 nitrogen and oxygen atoms in total. The molecule has 0 aliphatic heterocycles. The normalized spacial score (nSPS) is 14.0. The molecule has 0 saturated heterocycles. The molecule has 1 aromatic rings. The van der Waals surface area contributed by atoms with Crippen molar-refractivity contribution in [2.24, 2.45) is 5.73 Å². The molecule has 0 saturated carbocycles. The van der Waals surface area contributed by atoms with E-state index >= 15 is 0 Å². The number of carbonyl (C=O) groups is 1. The van der Waals surface area contributed by atoms with E-state index in [1.807, 2.05) is 23.1 Å². The second-order valence-electron chi connectivity index (χ2n) is 4.76. The number of carbonyl (C=O) groups excluding carboxylic acids is 1. The number of nitrogens with two attached hydrogens (primary N) is 1. The topological polar surface area (TPSA) is 46.3 Å². The molecule has 3 heteroatoms. The lowest BCUT2D eigenvalue weighted by atomic mass is 10.1. The molecule has 0 aromatic heterocycles. The molecule has 1 rings (SSSR count).